The zero-order valence-electron chi connectivity index (χ0n) is 17.2. The van der Waals surface area contributed by atoms with E-state index in [4.69, 9.17) is 9.72 Å². The number of hydrogen-bond donors (Lipinski definition) is 1. The maximum atomic E-state index is 12.8. The molecule has 4 rings (SSSR count). The smallest absolute Gasteiger partial charge is 0.225 e. The molecule has 1 amide bonds. The summed E-state index contributed by atoms with van der Waals surface area (Å²) >= 11 is 1.73. The van der Waals surface area contributed by atoms with Crippen molar-refractivity contribution in [1.82, 2.24) is 10.3 Å². The van der Waals surface area contributed by atoms with Crippen LogP contribution in [-0.2, 0) is 11.3 Å². The number of amides is 1. The fourth-order valence-corrected chi connectivity index (χ4v) is 5.15. The van der Waals surface area contributed by atoms with Gasteiger partial charge < -0.3 is 15.0 Å². The van der Waals surface area contributed by atoms with Crippen LogP contribution < -0.4 is 15.0 Å². The Morgan fingerprint density at radius 1 is 1.31 bits per heavy atom. The van der Waals surface area contributed by atoms with E-state index >= 15 is 0 Å². The van der Waals surface area contributed by atoms with Crippen molar-refractivity contribution < 1.29 is 9.53 Å². The highest BCUT2D eigenvalue weighted by Crippen LogP contribution is 2.33. The Kier molecular flexibility index (Phi) is 5.72. The molecule has 2 aromatic carbocycles. The number of nitrogens with zero attached hydrogens (tertiary/aromatic N) is 2. The summed E-state index contributed by atoms with van der Waals surface area (Å²) in [6, 6.07) is 12.2. The summed E-state index contributed by atoms with van der Waals surface area (Å²) in [5, 5.41) is 4.12. The van der Waals surface area contributed by atoms with Gasteiger partial charge >= 0.3 is 0 Å². The molecule has 1 atom stereocenters. The van der Waals surface area contributed by atoms with E-state index in [1.807, 2.05) is 24.3 Å². The van der Waals surface area contributed by atoms with E-state index in [1.165, 1.54) is 15.8 Å². The van der Waals surface area contributed by atoms with Crippen molar-refractivity contribution in [1.29, 1.82) is 0 Å². The molecule has 6 heteroatoms. The van der Waals surface area contributed by atoms with Crippen LogP contribution in [0.15, 0.2) is 36.4 Å². The molecule has 0 radical (unpaired) electrons. The minimum Gasteiger partial charge on any atom is -0.497 e. The zero-order valence-corrected chi connectivity index (χ0v) is 18.0. The Bertz CT molecular complexity index is 1030. The van der Waals surface area contributed by atoms with E-state index in [1.54, 1.807) is 18.4 Å². The molecule has 1 fully saturated rings. The van der Waals surface area contributed by atoms with Gasteiger partial charge in [-0.25, -0.2) is 4.98 Å². The van der Waals surface area contributed by atoms with Crippen LogP contribution in [-0.4, -0.2) is 31.1 Å². The van der Waals surface area contributed by atoms with Gasteiger partial charge in [0, 0.05) is 19.6 Å². The molecule has 1 N–H and O–H groups in total. The van der Waals surface area contributed by atoms with E-state index < -0.39 is 0 Å². The number of nitrogens with one attached hydrogen (secondary N) is 1. The summed E-state index contributed by atoms with van der Waals surface area (Å²) in [4.78, 5) is 19.9. The summed E-state index contributed by atoms with van der Waals surface area (Å²) in [5.41, 5.74) is 4.60. The van der Waals surface area contributed by atoms with E-state index in [9.17, 15) is 4.79 Å². The molecular weight excluding hydrogens is 382 g/mol. The number of carbonyl (C=O) groups excluding carboxylic acids is 1. The van der Waals surface area contributed by atoms with Crippen molar-refractivity contribution in [3.8, 4) is 5.75 Å². The molecule has 0 unspecified atom stereocenters. The minimum atomic E-state index is -0.01000. The van der Waals surface area contributed by atoms with E-state index in [0.717, 1.165) is 47.9 Å². The van der Waals surface area contributed by atoms with Gasteiger partial charge in [0.1, 0.15) is 5.75 Å². The van der Waals surface area contributed by atoms with Crippen LogP contribution in [0.25, 0.3) is 10.2 Å². The van der Waals surface area contributed by atoms with E-state index in [2.05, 4.69) is 36.2 Å². The second-order valence-electron chi connectivity index (χ2n) is 7.78. The molecule has 5 nitrogen and oxygen atoms in total. The largest absolute Gasteiger partial charge is 0.497 e. The third-order valence-electron chi connectivity index (χ3n) is 5.48. The average Bonchev–Trinajstić information content (AvgIpc) is 3.17. The highest BCUT2D eigenvalue weighted by atomic mass is 32.1. The van der Waals surface area contributed by atoms with Crippen LogP contribution in [0.5, 0.6) is 5.75 Å². The number of anilines is 1. The maximum absolute atomic E-state index is 12.8. The second-order valence-corrected chi connectivity index (χ2v) is 8.79. The van der Waals surface area contributed by atoms with E-state index in [-0.39, 0.29) is 11.8 Å². The molecular formula is C23H27N3O2S. The molecule has 1 aromatic heterocycles. The number of ether oxygens (including phenoxy) is 1. The third-order valence-corrected chi connectivity index (χ3v) is 6.55. The Labute approximate surface area is 175 Å². The summed E-state index contributed by atoms with van der Waals surface area (Å²) in [6.45, 7) is 6.44. The van der Waals surface area contributed by atoms with Crippen LogP contribution in [0, 0.1) is 19.8 Å². The molecule has 1 aliphatic rings. The first-order valence-corrected chi connectivity index (χ1v) is 10.9. The van der Waals surface area contributed by atoms with Gasteiger partial charge in [-0.15, -0.1) is 0 Å². The van der Waals surface area contributed by atoms with Crippen molar-refractivity contribution in [2.24, 2.45) is 5.92 Å². The summed E-state index contributed by atoms with van der Waals surface area (Å²) in [5.74, 6) is 0.914. The maximum Gasteiger partial charge on any atom is 0.225 e. The number of aryl methyl sites for hydroxylation is 2. The molecule has 0 spiro atoms. The SMILES string of the molecule is COc1cccc(CNC(=O)[C@H]2CCCN(c3nc4c(C)cc(C)cc4s3)C2)c1. The van der Waals surface area contributed by atoms with Crippen molar-refractivity contribution in [3.05, 3.63) is 53.1 Å². The zero-order chi connectivity index (χ0) is 20.4. The number of hydrogen-bond acceptors (Lipinski definition) is 5. The lowest BCUT2D eigenvalue weighted by Gasteiger charge is -2.31. The number of benzene rings is 2. The summed E-state index contributed by atoms with van der Waals surface area (Å²) < 4.78 is 6.48. The second kappa shape index (κ2) is 8.41. The van der Waals surface area contributed by atoms with Gasteiger partial charge in [0.05, 0.1) is 23.2 Å². The molecule has 3 aromatic rings. The summed E-state index contributed by atoms with van der Waals surface area (Å²) in [6.07, 6.45) is 1.93. The van der Waals surface area contributed by atoms with Crippen LogP contribution in [0.2, 0.25) is 0 Å². The first kappa shape index (κ1) is 19.7. The van der Waals surface area contributed by atoms with Gasteiger partial charge in [-0.05, 0) is 61.6 Å². The highest BCUT2D eigenvalue weighted by Gasteiger charge is 2.27. The molecule has 0 saturated carbocycles. The number of carbonyl (C=O) groups is 1. The molecule has 1 aliphatic heterocycles. The Morgan fingerprint density at radius 3 is 3.00 bits per heavy atom. The Hall–Kier alpha value is -2.60. The Morgan fingerprint density at radius 2 is 2.17 bits per heavy atom. The fourth-order valence-electron chi connectivity index (χ4n) is 3.97. The number of fused-ring (bicyclic) bond motifs is 1. The topological polar surface area (TPSA) is 54.5 Å². The quantitative estimate of drug-likeness (QED) is 0.676. The van der Waals surface area contributed by atoms with Gasteiger partial charge in [-0.3, -0.25) is 4.79 Å². The van der Waals surface area contributed by atoms with Gasteiger partial charge in [0.15, 0.2) is 5.13 Å². The number of methoxy groups -OCH3 is 1. The number of rotatable bonds is 5. The molecule has 2 heterocycles. The Balaban J connectivity index is 1.42. The van der Waals surface area contributed by atoms with Crippen LogP contribution >= 0.6 is 11.3 Å². The number of aromatic nitrogens is 1. The first-order valence-electron chi connectivity index (χ1n) is 10.1. The predicted octanol–water partition coefficient (Wildman–Crippen LogP) is 4.45. The average molecular weight is 410 g/mol. The minimum absolute atomic E-state index is 0.01000. The highest BCUT2D eigenvalue weighted by molar-refractivity contribution is 7.22. The number of thiazole rings is 1. The van der Waals surface area contributed by atoms with Crippen LogP contribution in [0.1, 0.15) is 29.5 Å². The van der Waals surface area contributed by atoms with Gasteiger partial charge in [-0.1, -0.05) is 29.5 Å². The molecule has 0 bridgehead atoms. The van der Waals surface area contributed by atoms with Gasteiger partial charge in [-0.2, -0.15) is 0 Å². The molecule has 1 saturated heterocycles. The van der Waals surface area contributed by atoms with Crippen LogP contribution in [0.4, 0.5) is 5.13 Å². The summed E-state index contributed by atoms with van der Waals surface area (Å²) in [7, 11) is 1.65. The normalized spacial score (nSPS) is 16.8. The van der Waals surface area contributed by atoms with Gasteiger partial charge in [0.2, 0.25) is 5.91 Å². The van der Waals surface area contributed by atoms with Crippen molar-refractivity contribution in [2.45, 2.75) is 33.2 Å². The standard InChI is InChI=1S/C23H27N3O2S/c1-15-10-16(2)21-20(11-15)29-23(25-21)26-9-5-7-18(14-26)22(27)24-13-17-6-4-8-19(12-17)28-3/h4,6,8,10-12,18H,5,7,9,13-14H2,1-3H3,(H,24,27)/t18-/m0/s1. The van der Waals surface area contributed by atoms with E-state index in [0.29, 0.717) is 6.54 Å². The lowest BCUT2D eigenvalue weighted by atomic mass is 9.97. The predicted molar refractivity (Wildman–Crippen MR) is 119 cm³/mol. The van der Waals surface area contributed by atoms with Crippen molar-refractivity contribution in [2.75, 3.05) is 25.1 Å². The van der Waals surface area contributed by atoms with Crippen molar-refractivity contribution in [3.63, 3.8) is 0 Å². The van der Waals surface area contributed by atoms with Crippen LogP contribution in [0.3, 0.4) is 0 Å². The lowest BCUT2D eigenvalue weighted by molar-refractivity contribution is -0.125. The molecule has 152 valence electrons. The van der Waals surface area contributed by atoms with Gasteiger partial charge in [0.25, 0.3) is 0 Å². The fraction of sp³-hybridized carbons (Fsp3) is 0.391. The van der Waals surface area contributed by atoms with Crippen molar-refractivity contribution >= 4 is 32.6 Å². The monoisotopic (exact) mass is 409 g/mol. The molecule has 0 aliphatic carbocycles. The first-order chi connectivity index (χ1) is 14.0. The lowest BCUT2D eigenvalue weighted by Crippen LogP contribution is -2.42. The number of piperidine rings is 1. The third kappa shape index (κ3) is 4.37. The molecule has 29 heavy (non-hydrogen) atoms.